The zero-order chi connectivity index (χ0) is 13.0. The summed E-state index contributed by atoms with van der Waals surface area (Å²) in [5, 5.41) is 10.3. The van der Waals surface area contributed by atoms with Crippen molar-refractivity contribution in [1.29, 1.82) is 0 Å². The Morgan fingerprint density at radius 1 is 1.28 bits per heavy atom. The number of β-amino-alcohol motifs (C(OH)–C–C–N with tert-alkyl or cyclic N) is 1. The second kappa shape index (κ2) is 5.67. The molecule has 18 heavy (non-hydrogen) atoms. The summed E-state index contributed by atoms with van der Waals surface area (Å²) in [6, 6.07) is 5.84. The molecule has 1 aromatic carbocycles. The number of ether oxygens (including phenoxy) is 1. The van der Waals surface area contributed by atoms with Crippen molar-refractivity contribution in [2.75, 3.05) is 26.2 Å². The van der Waals surface area contributed by atoms with Gasteiger partial charge in [0, 0.05) is 6.54 Å². The SMILES string of the molecule is CC(O)(COc1ccc(F)cc1)CN1CCCC1. The normalized spacial score (nSPS) is 19.7. The number of likely N-dealkylation sites (tertiary alicyclic amines) is 1. The second-order valence-corrected chi connectivity index (χ2v) is 5.22. The summed E-state index contributed by atoms with van der Waals surface area (Å²) in [7, 11) is 0. The van der Waals surface area contributed by atoms with Crippen LogP contribution >= 0.6 is 0 Å². The molecule has 1 unspecified atom stereocenters. The van der Waals surface area contributed by atoms with E-state index in [4.69, 9.17) is 4.74 Å². The molecule has 1 aliphatic rings. The van der Waals surface area contributed by atoms with Crippen molar-refractivity contribution in [1.82, 2.24) is 4.90 Å². The summed E-state index contributed by atoms with van der Waals surface area (Å²) in [5.41, 5.74) is -0.876. The lowest BCUT2D eigenvalue weighted by molar-refractivity contribution is -0.0127. The van der Waals surface area contributed by atoms with Gasteiger partial charge in [-0.1, -0.05) is 0 Å². The van der Waals surface area contributed by atoms with E-state index in [0.717, 1.165) is 13.1 Å². The minimum Gasteiger partial charge on any atom is -0.491 e. The van der Waals surface area contributed by atoms with E-state index in [1.807, 2.05) is 0 Å². The first kappa shape index (κ1) is 13.3. The number of benzene rings is 1. The zero-order valence-corrected chi connectivity index (χ0v) is 10.7. The molecular weight excluding hydrogens is 233 g/mol. The molecule has 1 atom stereocenters. The van der Waals surface area contributed by atoms with Crippen LogP contribution in [-0.4, -0.2) is 41.8 Å². The van der Waals surface area contributed by atoms with Crippen LogP contribution in [0.4, 0.5) is 4.39 Å². The summed E-state index contributed by atoms with van der Waals surface area (Å²) in [6.07, 6.45) is 2.41. The van der Waals surface area contributed by atoms with Crippen LogP contribution in [0.15, 0.2) is 24.3 Å². The highest BCUT2D eigenvalue weighted by Gasteiger charge is 2.26. The van der Waals surface area contributed by atoms with Crippen LogP contribution in [0.1, 0.15) is 19.8 Å². The van der Waals surface area contributed by atoms with Crippen LogP contribution in [0.2, 0.25) is 0 Å². The number of hydrogen-bond acceptors (Lipinski definition) is 3. The van der Waals surface area contributed by atoms with Gasteiger partial charge in [-0.05, 0) is 57.1 Å². The summed E-state index contributed by atoms with van der Waals surface area (Å²) in [4.78, 5) is 2.24. The van der Waals surface area contributed by atoms with Gasteiger partial charge in [-0.2, -0.15) is 0 Å². The maximum absolute atomic E-state index is 12.7. The van der Waals surface area contributed by atoms with E-state index >= 15 is 0 Å². The molecule has 0 bridgehead atoms. The predicted octanol–water partition coefficient (Wildman–Crippen LogP) is 2.05. The third-order valence-corrected chi connectivity index (χ3v) is 3.13. The molecule has 0 spiro atoms. The molecule has 1 heterocycles. The lowest BCUT2D eigenvalue weighted by atomic mass is 10.1. The lowest BCUT2D eigenvalue weighted by Crippen LogP contribution is -2.44. The quantitative estimate of drug-likeness (QED) is 0.871. The molecule has 0 aromatic heterocycles. The molecule has 0 radical (unpaired) electrons. The van der Waals surface area contributed by atoms with Crippen LogP contribution in [0.3, 0.4) is 0 Å². The van der Waals surface area contributed by atoms with Crippen LogP contribution in [-0.2, 0) is 0 Å². The predicted molar refractivity (Wildman–Crippen MR) is 68.2 cm³/mol. The Morgan fingerprint density at radius 3 is 2.50 bits per heavy atom. The van der Waals surface area contributed by atoms with Gasteiger partial charge in [0.15, 0.2) is 0 Å². The molecule has 0 aliphatic carbocycles. The highest BCUT2D eigenvalue weighted by atomic mass is 19.1. The second-order valence-electron chi connectivity index (χ2n) is 5.22. The minimum atomic E-state index is -0.876. The number of halogens is 1. The van der Waals surface area contributed by atoms with Crippen LogP contribution < -0.4 is 4.74 Å². The molecule has 3 nitrogen and oxygen atoms in total. The zero-order valence-electron chi connectivity index (χ0n) is 10.7. The first-order valence-electron chi connectivity index (χ1n) is 6.38. The van der Waals surface area contributed by atoms with Gasteiger partial charge in [0.25, 0.3) is 0 Å². The highest BCUT2D eigenvalue weighted by molar-refractivity contribution is 5.22. The van der Waals surface area contributed by atoms with Crippen LogP contribution in [0.25, 0.3) is 0 Å². The van der Waals surface area contributed by atoms with Gasteiger partial charge in [0.1, 0.15) is 23.8 Å². The van der Waals surface area contributed by atoms with Crippen molar-refractivity contribution in [3.8, 4) is 5.75 Å². The van der Waals surface area contributed by atoms with Crippen molar-refractivity contribution in [2.45, 2.75) is 25.4 Å². The summed E-state index contributed by atoms with van der Waals surface area (Å²) >= 11 is 0. The van der Waals surface area contributed by atoms with E-state index < -0.39 is 5.60 Å². The molecule has 2 rings (SSSR count). The molecule has 0 amide bonds. The molecule has 0 saturated carbocycles. The van der Waals surface area contributed by atoms with Gasteiger partial charge in [0.2, 0.25) is 0 Å². The fourth-order valence-electron chi connectivity index (χ4n) is 2.24. The molecule has 4 heteroatoms. The van der Waals surface area contributed by atoms with Gasteiger partial charge >= 0.3 is 0 Å². The standard InChI is InChI=1S/C14H20FNO2/c1-14(17,10-16-8-2-3-9-16)11-18-13-6-4-12(15)5-7-13/h4-7,17H,2-3,8-11H2,1H3. The average Bonchev–Trinajstić information content (AvgIpc) is 2.80. The van der Waals surface area contributed by atoms with Crippen LogP contribution in [0.5, 0.6) is 5.75 Å². The fraction of sp³-hybridized carbons (Fsp3) is 0.571. The van der Waals surface area contributed by atoms with Crippen LogP contribution in [0, 0.1) is 5.82 Å². The number of rotatable bonds is 5. The third kappa shape index (κ3) is 3.96. The van der Waals surface area contributed by atoms with E-state index in [1.165, 1.54) is 25.0 Å². The van der Waals surface area contributed by atoms with Crippen molar-refractivity contribution in [3.63, 3.8) is 0 Å². The first-order valence-corrected chi connectivity index (χ1v) is 6.38. The molecule has 1 aromatic rings. The van der Waals surface area contributed by atoms with Gasteiger partial charge in [0.05, 0.1) is 0 Å². The fourth-order valence-corrected chi connectivity index (χ4v) is 2.24. The number of nitrogens with zero attached hydrogens (tertiary/aromatic N) is 1. The minimum absolute atomic E-state index is 0.217. The van der Waals surface area contributed by atoms with E-state index in [-0.39, 0.29) is 12.4 Å². The summed E-state index contributed by atoms with van der Waals surface area (Å²) in [6.45, 7) is 4.71. The lowest BCUT2D eigenvalue weighted by Gasteiger charge is -2.28. The molecule has 1 saturated heterocycles. The Hall–Kier alpha value is -1.13. The maximum atomic E-state index is 12.7. The van der Waals surface area contributed by atoms with Crippen molar-refractivity contribution < 1.29 is 14.2 Å². The summed E-state index contributed by atoms with van der Waals surface area (Å²) in [5.74, 6) is 0.296. The average molecular weight is 253 g/mol. The Balaban J connectivity index is 1.82. The molecular formula is C14H20FNO2. The molecule has 100 valence electrons. The van der Waals surface area contributed by atoms with Gasteiger partial charge < -0.3 is 14.7 Å². The Bertz CT molecular complexity index is 372. The Labute approximate surface area is 107 Å². The number of hydrogen-bond donors (Lipinski definition) is 1. The number of aliphatic hydroxyl groups is 1. The molecule has 1 N–H and O–H groups in total. The maximum Gasteiger partial charge on any atom is 0.123 e. The van der Waals surface area contributed by atoms with E-state index in [9.17, 15) is 9.50 Å². The smallest absolute Gasteiger partial charge is 0.123 e. The highest BCUT2D eigenvalue weighted by Crippen LogP contribution is 2.16. The summed E-state index contributed by atoms with van der Waals surface area (Å²) < 4.78 is 18.2. The molecule has 1 aliphatic heterocycles. The largest absolute Gasteiger partial charge is 0.491 e. The van der Waals surface area contributed by atoms with Crippen molar-refractivity contribution in [3.05, 3.63) is 30.1 Å². The van der Waals surface area contributed by atoms with Gasteiger partial charge in [-0.3, -0.25) is 0 Å². The van der Waals surface area contributed by atoms with E-state index in [1.54, 1.807) is 19.1 Å². The topological polar surface area (TPSA) is 32.7 Å². The van der Waals surface area contributed by atoms with E-state index in [2.05, 4.69) is 4.90 Å². The van der Waals surface area contributed by atoms with E-state index in [0.29, 0.717) is 12.3 Å². The van der Waals surface area contributed by atoms with Gasteiger partial charge in [-0.15, -0.1) is 0 Å². The Morgan fingerprint density at radius 2 is 1.89 bits per heavy atom. The first-order chi connectivity index (χ1) is 8.55. The Kier molecular flexibility index (Phi) is 4.19. The molecule has 1 fully saturated rings. The monoisotopic (exact) mass is 253 g/mol. The van der Waals surface area contributed by atoms with Crippen molar-refractivity contribution >= 4 is 0 Å². The third-order valence-electron chi connectivity index (χ3n) is 3.13. The van der Waals surface area contributed by atoms with Gasteiger partial charge in [-0.25, -0.2) is 4.39 Å². The van der Waals surface area contributed by atoms with Crippen molar-refractivity contribution in [2.24, 2.45) is 0 Å².